The molecule has 0 radical (unpaired) electrons. The van der Waals surface area contributed by atoms with Gasteiger partial charge in [-0.2, -0.15) is 0 Å². The van der Waals surface area contributed by atoms with Crippen LogP contribution < -0.4 is 0 Å². The fourth-order valence-electron chi connectivity index (χ4n) is 3.77. The monoisotopic (exact) mass is 333 g/mol. The van der Waals surface area contributed by atoms with Gasteiger partial charge in [0.25, 0.3) is 0 Å². The average Bonchev–Trinajstić information content (AvgIpc) is 2.52. The third-order valence-corrected chi connectivity index (χ3v) is 5.11. The molecule has 1 heterocycles. The number of carbonyl (C=O) groups is 2. The van der Waals surface area contributed by atoms with Crippen molar-refractivity contribution in [2.45, 2.75) is 57.2 Å². The lowest BCUT2D eigenvalue weighted by Gasteiger charge is -2.56. The van der Waals surface area contributed by atoms with E-state index in [1.165, 1.54) is 7.11 Å². The van der Waals surface area contributed by atoms with Crippen molar-refractivity contribution in [3.8, 4) is 0 Å². The molecule has 24 heavy (non-hydrogen) atoms. The fourth-order valence-corrected chi connectivity index (χ4v) is 3.77. The van der Waals surface area contributed by atoms with Gasteiger partial charge < -0.3 is 9.47 Å². The Bertz CT molecular complexity index is 604. The van der Waals surface area contributed by atoms with E-state index in [2.05, 4.69) is 4.90 Å². The van der Waals surface area contributed by atoms with Crippen LogP contribution in [0.4, 0.5) is 0 Å². The molecule has 0 amide bonds. The molecular weight excluding hydrogens is 306 g/mol. The molecule has 0 saturated carbocycles. The first kappa shape index (κ1) is 18.5. The zero-order valence-electron chi connectivity index (χ0n) is 15.4. The van der Waals surface area contributed by atoms with E-state index in [0.29, 0.717) is 18.4 Å². The lowest BCUT2D eigenvalue weighted by Crippen LogP contribution is -2.67. The minimum Gasteiger partial charge on any atom is -0.466 e. The summed E-state index contributed by atoms with van der Waals surface area (Å²) in [5.74, 6) is -1.00. The van der Waals surface area contributed by atoms with Gasteiger partial charge in [0, 0.05) is 23.9 Å². The van der Waals surface area contributed by atoms with E-state index in [-0.39, 0.29) is 11.1 Å². The fraction of sp³-hybridized carbons (Fsp3) is 0.579. The molecule has 5 nitrogen and oxygen atoms in total. The SMILES string of the molecule is COC(=O)C1(OC(=O)c2ccccc2)CC(C)(C)N(C)C(C)(C)C1. The number of methoxy groups -OCH3 is 1. The summed E-state index contributed by atoms with van der Waals surface area (Å²) in [5, 5.41) is 0. The minimum absolute atomic E-state index is 0.326. The zero-order chi connectivity index (χ0) is 18.2. The number of hydrogen-bond donors (Lipinski definition) is 0. The number of benzene rings is 1. The molecule has 1 saturated heterocycles. The van der Waals surface area contributed by atoms with Crippen molar-refractivity contribution in [2.24, 2.45) is 0 Å². The van der Waals surface area contributed by atoms with E-state index >= 15 is 0 Å². The predicted octanol–water partition coefficient (Wildman–Crippen LogP) is 3.04. The number of hydrogen-bond acceptors (Lipinski definition) is 5. The molecule has 1 aromatic rings. The predicted molar refractivity (Wildman–Crippen MR) is 91.8 cm³/mol. The van der Waals surface area contributed by atoms with Crippen molar-refractivity contribution in [1.82, 2.24) is 4.90 Å². The van der Waals surface area contributed by atoms with Gasteiger partial charge in [-0.15, -0.1) is 0 Å². The summed E-state index contributed by atoms with van der Waals surface area (Å²) in [7, 11) is 3.36. The standard InChI is InChI=1S/C19H27NO4/c1-17(2)12-19(16(22)23-6,13-18(3,4)20(17)5)24-15(21)14-10-8-7-9-11-14/h7-11H,12-13H2,1-6H3. The van der Waals surface area contributed by atoms with Crippen LogP contribution in [0.25, 0.3) is 0 Å². The molecular formula is C19H27NO4. The second kappa shape index (κ2) is 6.20. The molecule has 0 aliphatic carbocycles. The van der Waals surface area contributed by atoms with E-state index < -0.39 is 17.5 Å². The van der Waals surface area contributed by atoms with E-state index in [0.717, 1.165) is 0 Å². The topological polar surface area (TPSA) is 55.8 Å². The molecule has 1 aromatic carbocycles. The normalized spacial score (nSPS) is 21.8. The Morgan fingerprint density at radius 2 is 1.50 bits per heavy atom. The van der Waals surface area contributed by atoms with Gasteiger partial charge in [-0.05, 0) is 46.9 Å². The van der Waals surface area contributed by atoms with E-state index in [1.807, 2.05) is 40.8 Å². The van der Waals surface area contributed by atoms with Gasteiger partial charge in [0.05, 0.1) is 12.7 Å². The number of carbonyl (C=O) groups excluding carboxylic acids is 2. The zero-order valence-corrected chi connectivity index (χ0v) is 15.4. The van der Waals surface area contributed by atoms with Gasteiger partial charge >= 0.3 is 11.9 Å². The molecule has 0 spiro atoms. The number of ether oxygens (including phenoxy) is 2. The Balaban J connectivity index is 2.41. The summed E-state index contributed by atoms with van der Waals surface area (Å²) < 4.78 is 10.8. The lowest BCUT2D eigenvalue weighted by molar-refractivity contribution is -0.184. The number of esters is 2. The van der Waals surface area contributed by atoms with Crippen molar-refractivity contribution in [3.63, 3.8) is 0 Å². The first-order chi connectivity index (χ1) is 11.0. The summed E-state index contributed by atoms with van der Waals surface area (Å²) in [4.78, 5) is 27.4. The molecule has 0 atom stereocenters. The summed E-state index contributed by atoms with van der Waals surface area (Å²) in [5.41, 5.74) is -1.52. The van der Waals surface area contributed by atoms with Crippen LogP contribution in [0, 0.1) is 0 Å². The van der Waals surface area contributed by atoms with Crippen molar-refractivity contribution < 1.29 is 19.1 Å². The number of rotatable bonds is 3. The van der Waals surface area contributed by atoms with Crippen LogP contribution in [0.5, 0.6) is 0 Å². The van der Waals surface area contributed by atoms with Crippen LogP contribution in [0.2, 0.25) is 0 Å². The van der Waals surface area contributed by atoms with E-state index in [4.69, 9.17) is 9.47 Å². The number of nitrogens with zero attached hydrogens (tertiary/aromatic N) is 1. The van der Waals surface area contributed by atoms with Gasteiger partial charge in [-0.25, -0.2) is 9.59 Å². The third kappa shape index (κ3) is 3.31. The maximum atomic E-state index is 12.6. The first-order valence-electron chi connectivity index (χ1n) is 8.15. The molecule has 0 unspecified atom stereocenters. The highest BCUT2D eigenvalue weighted by Gasteiger charge is 2.57. The number of likely N-dealkylation sites (tertiary alicyclic amines) is 1. The van der Waals surface area contributed by atoms with Crippen molar-refractivity contribution in [1.29, 1.82) is 0 Å². The van der Waals surface area contributed by atoms with Crippen LogP contribution in [0.3, 0.4) is 0 Å². The third-order valence-electron chi connectivity index (χ3n) is 5.11. The Morgan fingerprint density at radius 3 is 1.96 bits per heavy atom. The average molecular weight is 333 g/mol. The smallest absolute Gasteiger partial charge is 0.350 e. The maximum absolute atomic E-state index is 12.6. The highest BCUT2D eigenvalue weighted by atomic mass is 16.6. The lowest BCUT2D eigenvalue weighted by atomic mass is 9.71. The Hall–Kier alpha value is -1.88. The summed E-state index contributed by atoms with van der Waals surface area (Å²) in [6.07, 6.45) is 0.760. The van der Waals surface area contributed by atoms with Crippen molar-refractivity contribution in [3.05, 3.63) is 35.9 Å². The largest absolute Gasteiger partial charge is 0.466 e. The van der Waals surface area contributed by atoms with Crippen LogP contribution >= 0.6 is 0 Å². The quantitative estimate of drug-likeness (QED) is 0.796. The van der Waals surface area contributed by atoms with E-state index in [1.54, 1.807) is 24.3 Å². The van der Waals surface area contributed by atoms with Crippen LogP contribution in [0.1, 0.15) is 50.9 Å². The molecule has 5 heteroatoms. The summed E-state index contributed by atoms with van der Waals surface area (Å²) >= 11 is 0. The van der Waals surface area contributed by atoms with Crippen molar-refractivity contribution >= 4 is 11.9 Å². The minimum atomic E-state index is -1.29. The van der Waals surface area contributed by atoms with Gasteiger partial charge in [0.15, 0.2) is 0 Å². The van der Waals surface area contributed by atoms with Gasteiger partial charge in [0.1, 0.15) is 0 Å². The maximum Gasteiger partial charge on any atom is 0.350 e. The Kier molecular flexibility index (Phi) is 4.77. The summed E-state index contributed by atoms with van der Waals surface area (Å²) in [6.45, 7) is 8.17. The van der Waals surface area contributed by atoms with Gasteiger partial charge in [-0.1, -0.05) is 18.2 Å². The molecule has 1 fully saturated rings. The Morgan fingerprint density at radius 1 is 1.00 bits per heavy atom. The number of piperidine rings is 1. The molecule has 2 rings (SSSR count). The summed E-state index contributed by atoms with van der Waals surface area (Å²) in [6, 6.07) is 8.72. The second-order valence-electron chi connectivity index (χ2n) is 7.78. The molecule has 1 aliphatic rings. The van der Waals surface area contributed by atoms with E-state index in [9.17, 15) is 9.59 Å². The van der Waals surface area contributed by atoms with Crippen molar-refractivity contribution in [2.75, 3.05) is 14.2 Å². The van der Waals surface area contributed by atoms with Gasteiger partial charge in [-0.3, -0.25) is 4.90 Å². The second-order valence-corrected chi connectivity index (χ2v) is 7.78. The molecule has 1 aliphatic heterocycles. The molecule has 0 aromatic heterocycles. The Labute approximate surface area is 143 Å². The van der Waals surface area contributed by atoms with Crippen LogP contribution in [-0.2, 0) is 14.3 Å². The van der Waals surface area contributed by atoms with Crippen LogP contribution in [-0.4, -0.2) is 47.7 Å². The highest BCUT2D eigenvalue weighted by Crippen LogP contribution is 2.45. The van der Waals surface area contributed by atoms with Crippen LogP contribution in [0.15, 0.2) is 30.3 Å². The first-order valence-corrected chi connectivity index (χ1v) is 8.15. The highest BCUT2D eigenvalue weighted by molar-refractivity contribution is 5.92. The van der Waals surface area contributed by atoms with Gasteiger partial charge in [0.2, 0.25) is 5.60 Å². The molecule has 0 N–H and O–H groups in total. The molecule has 0 bridgehead atoms. The molecule has 132 valence electrons.